The van der Waals surface area contributed by atoms with Gasteiger partial charge in [0.15, 0.2) is 5.84 Å². The lowest BCUT2D eigenvalue weighted by Crippen LogP contribution is -2.23. The van der Waals surface area contributed by atoms with Gasteiger partial charge in [0.05, 0.1) is 12.2 Å². The van der Waals surface area contributed by atoms with E-state index in [9.17, 15) is 4.39 Å². The van der Waals surface area contributed by atoms with E-state index in [0.717, 1.165) is 0 Å². The molecule has 1 aromatic carbocycles. The normalized spacial score (nSPS) is 11.6. The Bertz CT molecular complexity index is 598. The summed E-state index contributed by atoms with van der Waals surface area (Å²) in [5.41, 5.74) is 6.32. The summed E-state index contributed by atoms with van der Waals surface area (Å²) >= 11 is 1.64. The van der Waals surface area contributed by atoms with E-state index in [-0.39, 0.29) is 11.7 Å². The van der Waals surface area contributed by atoms with E-state index in [1.54, 1.807) is 23.5 Å². The van der Waals surface area contributed by atoms with E-state index >= 15 is 0 Å². The highest BCUT2D eigenvalue weighted by Crippen LogP contribution is 2.23. The number of thiophene rings is 1. The minimum atomic E-state index is -0.382. The maximum Gasteiger partial charge on any atom is 0.170 e. The molecule has 0 bridgehead atoms. The predicted molar refractivity (Wildman–Crippen MR) is 80.0 cm³/mol. The van der Waals surface area contributed by atoms with Crippen LogP contribution in [0.15, 0.2) is 40.9 Å². The second-order valence-electron chi connectivity index (χ2n) is 4.24. The zero-order valence-corrected chi connectivity index (χ0v) is 11.9. The number of benzene rings is 1. The van der Waals surface area contributed by atoms with Crippen molar-refractivity contribution in [1.29, 1.82) is 0 Å². The molecular weight excluding hydrogens is 277 g/mol. The van der Waals surface area contributed by atoms with E-state index in [1.807, 2.05) is 29.3 Å². The summed E-state index contributed by atoms with van der Waals surface area (Å²) in [6.07, 6.45) is 0. The molecule has 0 unspecified atom stereocenters. The third-order valence-electron chi connectivity index (χ3n) is 3.00. The van der Waals surface area contributed by atoms with E-state index < -0.39 is 0 Å². The molecule has 0 saturated carbocycles. The molecule has 0 aliphatic carbocycles. The van der Waals surface area contributed by atoms with Crippen molar-refractivity contribution >= 4 is 22.9 Å². The number of rotatable bonds is 5. The lowest BCUT2D eigenvalue weighted by Gasteiger charge is -2.23. The van der Waals surface area contributed by atoms with Gasteiger partial charge in [-0.15, -0.1) is 11.3 Å². The van der Waals surface area contributed by atoms with Gasteiger partial charge in [0.2, 0.25) is 0 Å². The van der Waals surface area contributed by atoms with Gasteiger partial charge in [-0.2, -0.15) is 0 Å². The Kier molecular flexibility index (Phi) is 4.57. The molecule has 4 nitrogen and oxygen atoms in total. The summed E-state index contributed by atoms with van der Waals surface area (Å²) in [5.74, 6) is -0.482. The third kappa shape index (κ3) is 3.08. The fraction of sp³-hybridized carbons (Fsp3) is 0.214. The van der Waals surface area contributed by atoms with Gasteiger partial charge in [0.1, 0.15) is 5.82 Å². The maximum absolute atomic E-state index is 14.2. The monoisotopic (exact) mass is 293 g/mol. The zero-order valence-electron chi connectivity index (χ0n) is 11.1. The molecule has 6 heteroatoms. The molecule has 0 spiro atoms. The van der Waals surface area contributed by atoms with Crippen LogP contribution in [0.25, 0.3) is 0 Å². The summed E-state index contributed by atoms with van der Waals surface area (Å²) in [5, 5.41) is 13.5. The molecule has 0 radical (unpaired) electrons. The van der Waals surface area contributed by atoms with Crippen molar-refractivity contribution in [2.45, 2.75) is 13.5 Å². The molecule has 1 aromatic heterocycles. The van der Waals surface area contributed by atoms with Gasteiger partial charge in [-0.1, -0.05) is 11.2 Å². The molecule has 106 valence electrons. The van der Waals surface area contributed by atoms with Crippen molar-refractivity contribution in [3.63, 3.8) is 0 Å². The van der Waals surface area contributed by atoms with E-state index in [0.29, 0.717) is 24.3 Å². The topological polar surface area (TPSA) is 61.8 Å². The summed E-state index contributed by atoms with van der Waals surface area (Å²) in [6.45, 7) is 3.33. The Morgan fingerprint density at radius 3 is 2.80 bits per heavy atom. The van der Waals surface area contributed by atoms with E-state index in [2.05, 4.69) is 5.16 Å². The van der Waals surface area contributed by atoms with Crippen molar-refractivity contribution in [3.05, 3.63) is 52.0 Å². The molecule has 0 saturated heterocycles. The van der Waals surface area contributed by atoms with Gasteiger partial charge in [0, 0.05) is 17.0 Å². The second kappa shape index (κ2) is 6.38. The number of hydrogen-bond donors (Lipinski definition) is 2. The fourth-order valence-electron chi connectivity index (χ4n) is 1.94. The molecular formula is C14H16FN3OS. The number of halogens is 1. The summed E-state index contributed by atoms with van der Waals surface area (Å²) in [6, 6.07) is 8.58. The average Bonchev–Trinajstić information content (AvgIpc) is 2.97. The Balaban J connectivity index is 2.26. The van der Waals surface area contributed by atoms with Crippen molar-refractivity contribution in [2.75, 3.05) is 11.4 Å². The third-order valence-corrected chi connectivity index (χ3v) is 3.86. The number of oxime groups is 1. The predicted octanol–water partition coefficient (Wildman–Crippen LogP) is 3.01. The lowest BCUT2D eigenvalue weighted by molar-refractivity contribution is 0.318. The summed E-state index contributed by atoms with van der Waals surface area (Å²) in [7, 11) is 0. The highest BCUT2D eigenvalue weighted by atomic mass is 32.1. The highest BCUT2D eigenvalue weighted by Gasteiger charge is 2.13. The molecule has 0 aliphatic rings. The van der Waals surface area contributed by atoms with Crippen LogP contribution in [-0.4, -0.2) is 17.6 Å². The lowest BCUT2D eigenvalue weighted by atomic mass is 10.1. The molecule has 0 atom stereocenters. The highest BCUT2D eigenvalue weighted by molar-refractivity contribution is 7.09. The first kappa shape index (κ1) is 14.3. The molecule has 0 fully saturated rings. The van der Waals surface area contributed by atoms with E-state index in [4.69, 9.17) is 10.9 Å². The Morgan fingerprint density at radius 2 is 2.25 bits per heavy atom. The van der Waals surface area contributed by atoms with Crippen molar-refractivity contribution in [3.8, 4) is 0 Å². The van der Waals surface area contributed by atoms with Crippen molar-refractivity contribution in [1.82, 2.24) is 0 Å². The van der Waals surface area contributed by atoms with Crippen LogP contribution in [0.3, 0.4) is 0 Å². The number of hydrogen-bond acceptors (Lipinski definition) is 4. The summed E-state index contributed by atoms with van der Waals surface area (Å²) in [4.78, 5) is 3.11. The Labute approximate surface area is 120 Å². The number of nitrogens with zero attached hydrogens (tertiary/aromatic N) is 2. The van der Waals surface area contributed by atoms with Crippen molar-refractivity contribution < 1.29 is 9.60 Å². The van der Waals surface area contributed by atoms with Crippen LogP contribution in [0.4, 0.5) is 10.1 Å². The van der Waals surface area contributed by atoms with Crippen LogP contribution in [0.2, 0.25) is 0 Å². The number of amidine groups is 1. The van der Waals surface area contributed by atoms with Gasteiger partial charge in [-0.25, -0.2) is 4.39 Å². The standard InChI is InChI=1S/C14H16FN3OS/c1-2-18(9-11-4-3-7-20-11)13-6-5-10(8-12(13)15)14(16)17-19/h3-8,19H,2,9H2,1H3,(H2,16,17). The van der Waals surface area contributed by atoms with Crippen LogP contribution in [0.1, 0.15) is 17.4 Å². The molecule has 0 aliphatic heterocycles. The van der Waals surface area contributed by atoms with Crippen LogP contribution in [-0.2, 0) is 6.54 Å². The van der Waals surface area contributed by atoms with Crippen LogP contribution < -0.4 is 10.6 Å². The zero-order chi connectivity index (χ0) is 14.5. The van der Waals surface area contributed by atoms with Gasteiger partial charge >= 0.3 is 0 Å². The maximum atomic E-state index is 14.2. The van der Waals surface area contributed by atoms with E-state index in [1.165, 1.54) is 10.9 Å². The van der Waals surface area contributed by atoms with Gasteiger partial charge in [-0.05, 0) is 36.6 Å². The first-order chi connectivity index (χ1) is 9.65. The quantitative estimate of drug-likeness (QED) is 0.385. The van der Waals surface area contributed by atoms with Crippen LogP contribution >= 0.6 is 11.3 Å². The molecule has 20 heavy (non-hydrogen) atoms. The Morgan fingerprint density at radius 1 is 1.45 bits per heavy atom. The van der Waals surface area contributed by atoms with Gasteiger partial charge in [0.25, 0.3) is 0 Å². The van der Waals surface area contributed by atoms with Crippen LogP contribution in [0.5, 0.6) is 0 Å². The summed E-state index contributed by atoms with van der Waals surface area (Å²) < 4.78 is 14.2. The molecule has 2 aromatic rings. The molecule has 3 N–H and O–H groups in total. The first-order valence-corrected chi connectivity index (χ1v) is 7.08. The average molecular weight is 293 g/mol. The molecule has 2 rings (SSSR count). The number of anilines is 1. The van der Waals surface area contributed by atoms with Gasteiger partial charge in [-0.3, -0.25) is 0 Å². The van der Waals surface area contributed by atoms with Gasteiger partial charge < -0.3 is 15.8 Å². The minimum Gasteiger partial charge on any atom is -0.409 e. The largest absolute Gasteiger partial charge is 0.409 e. The first-order valence-electron chi connectivity index (χ1n) is 6.20. The van der Waals surface area contributed by atoms with Crippen molar-refractivity contribution in [2.24, 2.45) is 10.9 Å². The molecule has 0 amide bonds. The molecule has 1 heterocycles. The second-order valence-corrected chi connectivity index (χ2v) is 5.28. The minimum absolute atomic E-state index is 0.100. The number of nitrogens with two attached hydrogens (primary N) is 1. The Hall–Kier alpha value is -2.08. The SMILES string of the molecule is CCN(Cc1cccs1)c1ccc(C(N)=NO)cc1F. The fourth-order valence-corrected chi connectivity index (χ4v) is 2.66. The smallest absolute Gasteiger partial charge is 0.170 e. The van der Waals surface area contributed by atoms with Crippen LogP contribution in [0, 0.1) is 5.82 Å².